The SMILES string of the molecule is Nc1ccccc1SCCCCOc1ccc(Cl)cc1. The zero-order valence-electron chi connectivity index (χ0n) is 11.2. The van der Waals surface area contributed by atoms with E-state index in [4.69, 9.17) is 22.1 Å². The molecule has 0 bridgehead atoms. The fourth-order valence-electron chi connectivity index (χ4n) is 1.72. The number of nitrogen functional groups attached to an aromatic ring is 1. The Bertz CT molecular complexity index is 530. The molecule has 0 spiro atoms. The summed E-state index contributed by atoms with van der Waals surface area (Å²) < 4.78 is 5.64. The third-order valence-electron chi connectivity index (χ3n) is 2.80. The van der Waals surface area contributed by atoms with Crippen molar-refractivity contribution in [2.75, 3.05) is 18.1 Å². The summed E-state index contributed by atoms with van der Waals surface area (Å²) in [4.78, 5) is 1.16. The highest BCUT2D eigenvalue weighted by Crippen LogP contribution is 2.25. The minimum absolute atomic E-state index is 0.729. The van der Waals surface area contributed by atoms with Gasteiger partial charge in [-0.25, -0.2) is 0 Å². The largest absolute Gasteiger partial charge is 0.494 e. The average molecular weight is 308 g/mol. The third-order valence-corrected chi connectivity index (χ3v) is 4.23. The lowest BCUT2D eigenvalue weighted by molar-refractivity contribution is 0.310. The van der Waals surface area contributed by atoms with Gasteiger partial charge in [0.05, 0.1) is 6.61 Å². The van der Waals surface area contributed by atoms with Crippen LogP contribution in [0.25, 0.3) is 0 Å². The van der Waals surface area contributed by atoms with Gasteiger partial charge in [-0.05, 0) is 55.0 Å². The monoisotopic (exact) mass is 307 g/mol. The van der Waals surface area contributed by atoms with E-state index in [1.54, 1.807) is 11.8 Å². The van der Waals surface area contributed by atoms with Crippen molar-refractivity contribution in [2.24, 2.45) is 0 Å². The van der Waals surface area contributed by atoms with Gasteiger partial charge in [0.15, 0.2) is 0 Å². The molecule has 4 heteroatoms. The van der Waals surface area contributed by atoms with Crippen molar-refractivity contribution in [3.63, 3.8) is 0 Å². The molecule has 0 aliphatic carbocycles. The highest BCUT2D eigenvalue weighted by molar-refractivity contribution is 7.99. The van der Waals surface area contributed by atoms with Crippen LogP contribution in [0.5, 0.6) is 5.75 Å². The van der Waals surface area contributed by atoms with E-state index in [1.807, 2.05) is 42.5 Å². The number of rotatable bonds is 7. The maximum atomic E-state index is 5.89. The molecule has 2 aromatic carbocycles. The van der Waals surface area contributed by atoms with Crippen LogP contribution in [0, 0.1) is 0 Å². The molecule has 0 saturated carbocycles. The van der Waals surface area contributed by atoms with Gasteiger partial charge < -0.3 is 10.5 Å². The molecule has 0 fully saturated rings. The van der Waals surface area contributed by atoms with Crippen LogP contribution in [0.15, 0.2) is 53.4 Å². The topological polar surface area (TPSA) is 35.2 Å². The molecule has 0 aromatic heterocycles. The van der Waals surface area contributed by atoms with Gasteiger partial charge >= 0.3 is 0 Å². The Morgan fingerprint density at radius 1 is 1.00 bits per heavy atom. The van der Waals surface area contributed by atoms with E-state index in [9.17, 15) is 0 Å². The summed E-state index contributed by atoms with van der Waals surface area (Å²) in [7, 11) is 0. The minimum Gasteiger partial charge on any atom is -0.494 e. The molecule has 0 amide bonds. The zero-order valence-corrected chi connectivity index (χ0v) is 12.8. The second-order valence-corrected chi connectivity index (χ2v) is 5.97. The number of benzene rings is 2. The summed E-state index contributed by atoms with van der Waals surface area (Å²) in [5.74, 6) is 1.92. The van der Waals surface area contributed by atoms with Crippen LogP contribution < -0.4 is 10.5 Å². The van der Waals surface area contributed by atoms with Crippen molar-refractivity contribution in [3.05, 3.63) is 53.6 Å². The molecule has 20 heavy (non-hydrogen) atoms. The molecule has 106 valence electrons. The van der Waals surface area contributed by atoms with Crippen molar-refractivity contribution in [1.29, 1.82) is 0 Å². The summed E-state index contributed by atoms with van der Waals surface area (Å²) >= 11 is 7.61. The maximum absolute atomic E-state index is 5.89. The van der Waals surface area contributed by atoms with Crippen LogP contribution in [-0.2, 0) is 0 Å². The second-order valence-electron chi connectivity index (χ2n) is 4.40. The Morgan fingerprint density at radius 2 is 1.75 bits per heavy atom. The number of hydrogen-bond acceptors (Lipinski definition) is 3. The van der Waals surface area contributed by atoms with Gasteiger partial charge in [0.1, 0.15) is 5.75 Å². The Labute approximate surface area is 129 Å². The Balaban J connectivity index is 1.60. The molecule has 2 rings (SSSR count). The lowest BCUT2D eigenvalue weighted by Gasteiger charge is -2.07. The molecule has 0 saturated heterocycles. The quantitative estimate of drug-likeness (QED) is 0.450. The molecule has 2 nitrogen and oxygen atoms in total. The first-order valence-corrected chi connectivity index (χ1v) is 7.98. The number of nitrogens with two attached hydrogens (primary N) is 1. The summed E-state index contributed by atoms with van der Waals surface area (Å²) in [6, 6.07) is 15.4. The summed E-state index contributed by atoms with van der Waals surface area (Å²) in [5.41, 5.74) is 6.75. The van der Waals surface area contributed by atoms with E-state index >= 15 is 0 Å². The average Bonchev–Trinajstić information content (AvgIpc) is 2.46. The number of para-hydroxylation sites is 1. The van der Waals surface area contributed by atoms with Crippen LogP contribution in [-0.4, -0.2) is 12.4 Å². The minimum atomic E-state index is 0.729. The van der Waals surface area contributed by atoms with Gasteiger partial charge in [-0.1, -0.05) is 23.7 Å². The number of anilines is 1. The molecule has 0 heterocycles. The number of halogens is 1. The van der Waals surface area contributed by atoms with E-state index in [0.717, 1.165) is 46.6 Å². The number of thioether (sulfide) groups is 1. The van der Waals surface area contributed by atoms with E-state index in [1.165, 1.54) is 0 Å². The van der Waals surface area contributed by atoms with Crippen LogP contribution >= 0.6 is 23.4 Å². The molecular formula is C16H18ClNOS. The predicted octanol–water partition coefficient (Wildman–Crippen LogP) is 4.87. The molecule has 2 N–H and O–H groups in total. The predicted molar refractivity (Wildman–Crippen MR) is 87.8 cm³/mol. The maximum Gasteiger partial charge on any atom is 0.119 e. The van der Waals surface area contributed by atoms with Crippen molar-refractivity contribution in [3.8, 4) is 5.75 Å². The van der Waals surface area contributed by atoms with Gasteiger partial charge in [-0.2, -0.15) is 0 Å². The molecule has 0 unspecified atom stereocenters. The summed E-state index contributed by atoms with van der Waals surface area (Å²) in [6.07, 6.45) is 2.13. The second kappa shape index (κ2) is 8.08. The first-order chi connectivity index (χ1) is 9.75. The van der Waals surface area contributed by atoms with Crippen LogP contribution in [0.4, 0.5) is 5.69 Å². The molecule has 0 aliphatic rings. The summed E-state index contributed by atoms with van der Waals surface area (Å²) in [5, 5.41) is 0.731. The van der Waals surface area contributed by atoms with Crippen molar-refractivity contribution in [1.82, 2.24) is 0 Å². The molecular weight excluding hydrogens is 290 g/mol. The van der Waals surface area contributed by atoms with Crippen molar-refractivity contribution < 1.29 is 4.74 Å². The lowest BCUT2D eigenvalue weighted by Crippen LogP contribution is -1.98. The van der Waals surface area contributed by atoms with Crippen LogP contribution in [0.2, 0.25) is 5.02 Å². The van der Waals surface area contributed by atoms with Gasteiger partial charge in [-0.3, -0.25) is 0 Å². The fraction of sp³-hybridized carbons (Fsp3) is 0.250. The van der Waals surface area contributed by atoms with Gasteiger partial charge in [0.25, 0.3) is 0 Å². The molecule has 2 aromatic rings. The summed E-state index contributed by atoms with van der Waals surface area (Å²) in [6.45, 7) is 0.729. The first-order valence-electron chi connectivity index (χ1n) is 6.61. The highest BCUT2D eigenvalue weighted by atomic mass is 35.5. The van der Waals surface area contributed by atoms with Gasteiger partial charge in [0, 0.05) is 15.6 Å². The zero-order chi connectivity index (χ0) is 14.2. The standard InChI is InChI=1S/C16H18ClNOS/c17-13-7-9-14(10-8-13)19-11-3-4-12-20-16-6-2-1-5-15(16)18/h1-2,5-10H,3-4,11-12,18H2. The van der Waals surface area contributed by atoms with Gasteiger partial charge in [0.2, 0.25) is 0 Å². The Morgan fingerprint density at radius 3 is 2.50 bits per heavy atom. The van der Waals surface area contributed by atoms with Crippen molar-refractivity contribution >= 4 is 29.1 Å². The van der Waals surface area contributed by atoms with E-state index in [0.29, 0.717) is 0 Å². The van der Waals surface area contributed by atoms with E-state index in [-0.39, 0.29) is 0 Å². The highest BCUT2D eigenvalue weighted by Gasteiger charge is 1.99. The Hall–Kier alpha value is -1.32. The molecule has 0 radical (unpaired) electrons. The van der Waals surface area contributed by atoms with E-state index < -0.39 is 0 Å². The van der Waals surface area contributed by atoms with Gasteiger partial charge in [-0.15, -0.1) is 11.8 Å². The number of unbranched alkanes of at least 4 members (excludes halogenated alkanes) is 1. The third kappa shape index (κ3) is 4.99. The number of ether oxygens (including phenoxy) is 1. The molecule has 0 aliphatic heterocycles. The number of hydrogen-bond donors (Lipinski definition) is 1. The van der Waals surface area contributed by atoms with Crippen LogP contribution in [0.1, 0.15) is 12.8 Å². The normalized spacial score (nSPS) is 10.4. The Kier molecular flexibility index (Phi) is 6.09. The first kappa shape index (κ1) is 15.1. The smallest absolute Gasteiger partial charge is 0.119 e. The lowest BCUT2D eigenvalue weighted by atomic mass is 10.3. The fourth-order valence-corrected chi connectivity index (χ4v) is 2.82. The van der Waals surface area contributed by atoms with E-state index in [2.05, 4.69) is 6.07 Å². The van der Waals surface area contributed by atoms with Crippen molar-refractivity contribution in [2.45, 2.75) is 17.7 Å². The molecule has 0 atom stereocenters. The van der Waals surface area contributed by atoms with Crippen LogP contribution in [0.3, 0.4) is 0 Å².